The molecule has 0 spiro atoms. The minimum atomic E-state index is -4.04. The predicted octanol–water partition coefficient (Wildman–Crippen LogP) is 2.04. The largest absolute Gasteiger partial charge is 0.477 e. The maximum absolute atomic E-state index is 13.3. The monoisotopic (exact) mass is 222 g/mol. The number of aliphatic hydroxyl groups is 1. The van der Waals surface area contributed by atoms with E-state index in [1.807, 2.05) is 6.92 Å². The summed E-state index contributed by atoms with van der Waals surface area (Å²) in [6, 6.07) is 0. The third-order valence-corrected chi connectivity index (χ3v) is 3.26. The van der Waals surface area contributed by atoms with Gasteiger partial charge in [0.15, 0.2) is 0 Å². The first-order valence-corrected chi connectivity index (χ1v) is 5.17. The molecule has 1 aliphatic carbocycles. The van der Waals surface area contributed by atoms with Gasteiger partial charge in [-0.1, -0.05) is 26.2 Å². The molecule has 0 aliphatic heterocycles. The summed E-state index contributed by atoms with van der Waals surface area (Å²) in [6.45, 7) is 1.86. The van der Waals surface area contributed by atoms with Crippen LogP contribution in [0.3, 0.4) is 0 Å². The summed E-state index contributed by atoms with van der Waals surface area (Å²) in [6.07, 6.45) is 1.68. The van der Waals surface area contributed by atoms with Gasteiger partial charge in [-0.3, -0.25) is 0 Å². The Kier molecular flexibility index (Phi) is 3.33. The maximum Gasteiger partial charge on any atom is 0.377 e. The van der Waals surface area contributed by atoms with Crippen molar-refractivity contribution in [1.29, 1.82) is 0 Å². The number of aliphatic carboxylic acids is 1. The average molecular weight is 222 g/mol. The SMILES string of the molecule is CCC1CCCC(O)(C(F)(F)C(=O)O)C1. The first-order valence-electron chi connectivity index (χ1n) is 5.17. The minimum Gasteiger partial charge on any atom is -0.477 e. The molecule has 0 radical (unpaired) electrons. The van der Waals surface area contributed by atoms with Crippen LogP contribution in [-0.2, 0) is 4.79 Å². The van der Waals surface area contributed by atoms with Crippen molar-refractivity contribution in [3.8, 4) is 0 Å². The molecule has 15 heavy (non-hydrogen) atoms. The van der Waals surface area contributed by atoms with Crippen molar-refractivity contribution >= 4 is 5.97 Å². The second-order valence-corrected chi connectivity index (χ2v) is 4.28. The molecule has 0 bridgehead atoms. The molecule has 88 valence electrons. The third kappa shape index (κ3) is 2.12. The summed E-state index contributed by atoms with van der Waals surface area (Å²) in [5.74, 6) is -6.28. The van der Waals surface area contributed by atoms with E-state index in [1.54, 1.807) is 0 Å². The molecule has 1 fully saturated rings. The Morgan fingerprint density at radius 2 is 2.20 bits per heavy atom. The maximum atomic E-state index is 13.3. The lowest BCUT2D eigenvalue weighted by molar-refractivity contribution is -0.219. The van der Waals surface area contributed by atoms with Crippen LogP contribution in [0.25, 0.3) is 0 Å². The highest BCUT2D eigenvalue weighted by Crippen LogP contribution is 2.43. The van der Waals surface area contributed by atoms with Gasteiger partial charge in [-0.2, -0.15) is 8.78 Å². The van der Waals surface area contributed by atoms with Gasteiger partial charge in [0, 0.05) is 0 Å². The molecule has 0 aromatic carbocycles. The molecule has 1 rings (SSSR count). The van der Waals surface area contributed by atoms with Gasteiger partial charge < -0.3 is 10.2 Å². The average Bonchev–Trinajstić information content (AvgIpc) is 2.17. The van der Waals surface area contributed by atoms with Gasteiger partial charge in [0.1, 0.15) is 5.60 Å². The van der Waals surface area contributed by atoms with Gasteiger partial charge in [-0.05, 0) is 18.8 Å². The second kappa shape index (κ2) is 4.04. The Hall–Kier alpha value is -0.710. The Morgan fingerprint density at radius 1 is 1.60 bits per heavy atom. The lowest BCUT2D eigenvalue weighted by Crippen LogP contribution is -2.55. The molecule has 0 aromatic heterocycles. The highest BCUT2D eigenvalue weighted by molar-refractivity contribution is 5.77. The Labute approximate surface area is 87.1 Å². The molecule has 0 saturated heterocycles. The molecule has 2 N–H and O–H groups in total. The van der Waals surface area contributed by atoms with Crippen LogP contribution in [0.15, 0.2) is 0 Å². The number of carbonyl (C=O) groups is 1. The number of halogens is 2. The zero-order valence-corrected chi connectivity index (χ0v) is 8.67. The Balaban J connectivity index is 2.85. The van der Waals surface area contributed by atoms with Gasteiger partial charge >= 0.3 is 11.9 Å². The van der Waals surface area contributed by atoms with Crippen molar-refractivity contribution in [2.45, 2.75) is 50.6 Å². The summed E-state index contributed by atoms with van der Waals surface area (Å²) in [5, 5.41) is 18.1. The molecular formula is C10H16F2O3. The van der Waals surface area contributed by atoms with Crippen LogP contribution in [0.5, 0.6) is 0 Å². The van der Waals surface area contributed by atoms with Crippen molar-refractivity contribution in [2.75, 3.05) is 0 Å². The Bertz CT molecular complexity index is 255. The molecule has 2 atom stereocenters. The number of carboxylic acids is 1. The van der Waals surface area contributed by atoms with Gasteiger partial charge in [-0.25, -0.2) is 4.79 Å². The van der Waals surface area contributed by atoms with Gasteiger partial charge in [-0.15, -0.1) is 0 Å². The van der Waals surface area contributed by atoms with Crippen LogP contribution in [0.1, 0.15) is 39.0 Å². The summed E-state index contributed by atoms with van der Waals surface area (Å²) >= 11 is 0. The van der Waals surface area contributed by atoms with E-state index in [9.17, 15) is 18.7 Å². The standard InChI is InChI=1S/C10H16F2O3/c1-2-7-4-3-5-9(15,6-7)10(11,12)8(13)14/h7,15H,2-6H2,1H3,(H,13,14). The summed E-state index contributed by atoms with van der Waals surface area (Å²) in [5.41, 5.74) is -2.36. The number of carboxylic acid groups (broad SMARTS) is 1. The molecule has 0 aromatic rings. The van der Waals surface area contributed by atoms with Crippen LogP contribution in [0.4, 0.5) is 8.78 Å². The minimum absolute atomic E-state index is 0.00558. The van der Waals surface area contributed by atoms with Crippen molar-refractivity contribution in [3.63, 3.8) is 0 Å². The van der Waals surface area contributed by atoms with Crippen molar-refractivity contribution in [1.82, 2.24) is 0 Å². The van der Waals surface area contributed by atoms with Crippen LogP contribution in [0.2, 0.25) is 0 Å². The zero-order chi connectivity index (χ0) is 11.7. The van der Waals surface area contributed by atoms with Gasteiger partial charge in [0.25, 0.3) is 0 Å². The third-order valence-electron chi connectivity index (χ3n) is 3.26. The van der Waals surface area contributed by atoms with E-state index in [1.165, 1.54) is 0 Å². The molecule has 2 unspecified atom stereocenters. The smallest absolute Gasteiger partial charge is 0.377 e. The lowest BCUT2D eigenvalue weighted by Gasteiger charge is -2.39. The normalized spacial score (nSPS) is 32.7. The highest BCUT2D eigenvalue weighted by Gasteiger charge is 2.59. The highest BCUT2D eigenvalue weighted by atomic mass is 19.3. The van der Waals surface area contributed by atoms with Crippen LogP contribution < -0.4 is 0 Å². The lowest BCUT2D eigenvalue weighted by atomic mass is 9.74. The molecule has 0 heterocycles. The van der Waals surface area contributed by atoms with E-state index >= 15 is 0 Å². The van der Waals surface area contributed by atoms with E-state index in [4.69, 9.17) is 5.11 Å². The molecule has 1 aliphatic rings. The molecule has 0 amide bonds. The fourth-order valence-electron chi connectivity index (χ4n) is 2.20. The number of rotatable bonds is 3. The molecule has 3 nitrogen and oxygen atoms in total. The van der Waals surface area contributed by atoms with E-state index in [0.717, 1.165) is 6.42 Å². The molecular weight excluding hydrogens is 206 g/mol. The first-order chi connectivity index (χ1) is 6.83. The summed E-state index contributed by atoms with van der Waals surface area (Å²) in [4.78, 5) is 10.4. The van der Waals surface area contributed by atoms with Crippen LogP contribution in [-0.4, -0.2) is 27.7 Å². The van der Waals surface area contributed by atoms with E-state index in [0.29, 0.717) is 12.8 Å². The number of hydrogen-bond donors (Lipinski definition) is 2. The van der Waals surface area contributed by atoms with Crippen LogP contribution >= 0.6 is 0 Å². The first kappa shape index (κ1) is 12.4. The van der Waals surface area contributed by atoms with Crippen molar-refractivity contribution < 1.29 is 23.8 Å². The van der Waals surface area contributed by atoms with Crippen LogP contribution in [0, 0.1) is 5.92 Å². The molecule has 5 heteroatoms. The van der Waals surface area contributed by atoms with E-state index < -0.39 is 17.5 Å². The van der Waals surface area contributed by atoms with E-state index in [-0.39, 0.29) is 18.8 Å². The zero-order valence-electron chi connectivity index (χ0n) is 8.67. The van der Waals surface area contributed by atoms with Gasteiger partial charge in [0.05, 0.1) is 0 Å². The molecule has 1 saturated carbocycles. The summed E-state index contributed by atoms with van der Waals surface area (Å²) < 4.78 is 26.6. The topological polar surface area (TPSA) is 57.5 Å². The second-order valence-electron chi connectivity index (χ2n) is 4.28. The number of alkyl halides is 2. The number of hydrogen-bond acceptors (Lipinski definition) is 2. The quantitative estimate of drug-likeness (QED) is 0.768. The van der Waals surface area contributed by atoms with Gasteiger partial charge in [0.2, 0.25) is 0 Å². The predicted molar refractivity (Wildman–Crippen MR) is 49.8 cm³/mol. The van der Waals surface area contributed by atoms with E-state index in [2.05, 4.69) is 0 Å². The van der Waals surface area contributed by atoms with Crippen molar-refractivity contribution in [3.05, 3.63) is 0 Å². The Morgan fingerprint density at radius 3 is 2.67 bits per heavy atom. The fourth-order valence-corrected chi connectivity index (χ4v) is 2.20. The fraction of sp³-hybridized carbons (Fsp3) is 0.900. The summed E-state index contributed by atoms with van der Waals surface area (Å²) in [7, 11) is 0. The van der Waals surface area contributed by atoms with Crippen molar-refractivity contribution in [2.24, 2.45) is 5.92 Å².